The molecule has 0 aromatic heterocycles. The first-order valence-electron chi connectivity index (χ1n) is 6.50. The maximum Gasteiger partial charge on any atom is 0.193 e. The van der Waals surface area contributed by atoms with Gasteiger partial charge < -0.3 is 14.8 Å². The van der Waals surface area contributed by atoms with Gasteiger partial charge in [0.05, 0.1) is 0 Å². The van der Waals surface area contributed by atoms with Crippen molar-refractivity contribution in [3.63, 3.8) is 0 Å². The first-order chi connectivity index (χ1) is 9.78. The molecule has 0 bridgehead atoms. The molecule has 0 radical (unpaired) electrons. The van der Waals surface area contributed by atoms with Gasteiger partial charge in [0.2, 0.25) is 0 Å². The number of carbonyl (C=O) groups is 1. The highest BCUT2D eigenvalue weighted by Gasteiger charge is 2.15. The standard InChI is InChI=1S/C16H15NO3/c1-17-13-5-2-11(3-6-13)16(18)12-4-7-14-15(10-12)20-9-8-19-14/h2-7,10,17H,8-9H2,1H3. The molecule has 0 amide bonds. The Balaban J connectivity index is 1.89. The van der Waals surface area contributed by atoms with E-state index in [2.05, 4.69) is 5.32 Å². The van der Waals surface area contributed by atoms with Gasteiger partial charge in [-0.25, -0.2) is 0 Å². The molecule has 1 aliphatic heterocycles. The molecule has 4 nitrogen and oxygen atoms in total. The molecule has 2 aromatic rings. The zero-order valence-corrected chi connectivity index (χ0v) is 11.2. The zero-order chi connectivity index (χ0) is 13.9. The highest BCUT2D eigenvalue weighted by molar-refractivity contribution is 6.09. The molecule has 0 atom stereocenters. The second-order valence-corrected chi connectivity index (χ2v) is 4.51. The molecule has 1 N–H and O–H groups in total. The topological polar surface area (TPSA) is 47.6 Å². The van der Waals surface area contributed by atoms with E-state index < -0.39 is 0 Å². The minimum atomic E-state index is -0.0235. The van der Waals surface area contributed by atoms with E-state index >= 15 is 0 Å². The van der Waals surface area contributed by atoms with Crippen LogP contribution in [0.15, 0.2) is 42.5 Å². The van der Waals surface area contributed by atoms with Gasteiger partial charge >= 0.3 is 0 Å². The summed E-state index contributed by atoms with van der Waals surface area (Å²) in [6.07, 6.45) is 0. The van der Waals surface area contributed by atoms with Crippen LogP contribution in [0.4, 0.5) is 5.69 Å². The molecule has 1 aliphatic rings. The predicted molar refractivity (Wildman–Crippen MR) is 76.9 cm³/mol. The lowest BCUT2D eigenvalue weighted by molar-refractivity contribution is 0.103. The lowest BCUT2D eigenvalue weighted by Gasteiger charge is -2.18. The zero-order valence-electron chi connectivity index (χ0n) is 11.2. The molecule has 2 aromatic carbocycles. The van der Waals surface area contributed by atoms with Crippen molar-refractivity contribution < 1.29 is 14.3 Å². The number of ketones is 1. The van der Waals surface area contributed by atoms with Crippen molar-refractivity contribution in [2.75, 3.05) is 25.6 Å². The number of nitrogens with one attached hydrogen (secondary N) is 1. The largest absolute Gasteiger partial charge is 0.486 e. The van der Waals surface area contributed by atoms with E-state index in [-0.39, 0.29) is 5.78 Å². The van der Waals surface area contributed by atoms with Gasteiger partial charge in [0.15, 0.2) is 17.3 Å². The summed E-state index contributed by atoms with van der Waals surface area (Å²) in [7, 11) is 1.84. The van der Waals surface area contributed by atoms with Crippen molar-refractivity contribution >= 4 is 11.5 Å². The predicted octanol–water partition coefficient (Wildman–Crippen LogP) is 2.73. The van der Waals surface area contributed by atoms with Crippen LogP contribution in [-0.2, 0) is 0 Å². The molecule has 0 spiro atoms. The van der Waals surface area contributed by atoms with Crippen LogP contribution >= 0.6 is 0 Å². The van der Waals surface area contributed by atoms with Crippen molar-refractivity contribution in [2.45, 2.75) is 0 Å². The third kappa shape index (κ3) is 2.32. The lowest BCUT2D eigenvalue weighted by atomic mass is 10.0. The molecule has 20 heavy (non-hydrogen) atoms. The Morgan fingerprint density at radius 3 is 2.30 bits per heavy atom. The van der Waals surface area contributed by atoms with Crippen molar-refractivity contribution in [3.8, 4) is 11.5 Å². The highest BCUT2D eigenvalue weighted by Crippen LogP contribution is 2.31. The van der Waals surface area contributed by atoms with E-state index in [0.717, 1.165) is 5.69 Å². The van der Waals surface area contributed by atoms with Crippen molar-refractivity contribution in [3.05, 3.63) is 53.6 Å². The molecule has 0 saturated carbocycles. The van der Waals surface area contributed by atoms with Crippen molar-refractivity contribution in [1.82, 2.24) is 0 Å². The summed E-state index contributed by atoms with van der Waals surface area (Å²) in [6.45, 7) is 1.06. The first-order valence-corrected chi connectivity index (χ1v) is 6.50. The normalized spacial score (nSPS) is 12.8. The Bertz CT molecular complexity index is 635. The van der Waals surface area contributed by atoms with Crippen molar-refractivity contribution in [1.29, 1.82) is 0 Å². The number of ether oxygens (including phenoxy) is 2. The molecule has 102 valence electrons. The minimum Gasteiger partial charge on any atom is -0.486 e. The van der Waals surface area contributed by atoms with Crippen LogP contribution in [0.5, 0.6) is 11.5 Å². The summed E-state index contributed by atoms with van der Waals surface area (Å²) in [5, 5.41) is 3.03. The summed E-state index contributed by atoms with van der Waals surface area (Å²) in [5.74, 6) is 1.30. The van der Waals surface area contributed by atoms with Gasteiger partial charge in [-0.05, 0) is 42.5 Å². The minimum absolute atomic E-state index is 0.0235. The van der Waals surface area contributed by atoms with Gasteiger partial charge in [-0.2, -0.15) is 0 Å². The summed E-state index contributed by atoms with van der Waals surface area (Å²) >= 11 is 0. The molecule has 0 aliphatic carbocycles. The molecule has 0 unspecified atom stereocenters. The highest BCUT2D eigenvalue weighted by atomic mass is 16.6. The van der Waals surface area contributed by atoms with E-state index in [4.69, 9.17) is 9.47 Å². The van der Waals surface area contributed by atoms with Crippen LogP contribution in [0.25, 0.3) is 0 Å². The van der Waals surface area contributed by atoms with Gasteiger partial charge in [-0.3, -0.25) is 4.79 Å². The maximum absolute atomic E-state index is 12.4. The molecule has 4 heteroatoms. The average molecular weight is 269 g/mol. The lowest BCUT2D eigenvalue weighted by Crippen LogP contribution is -2.15. The van der Waals surface area contributed by atoms with E-state index in [1.165, 1.54) is 0 Å². The van der Waals surface area contributed by atoms with E-state index in [9.17, 15) is 4.79 Å². The SMILES string of the molecule is CNc1ccc(C(=O)c2ccc3c(c2)OCCO3)cc1. The van der Waals surface area contributed by atoms with Crippen LogP contribution in [0.2, 0.25) is 0 Å². The van der Waals surface area contributed by atoms with Crippen LogP contribution in [-0.4, -0.2) is 26.0 Å². The van der Waals surface area contributed by atoms with E-state index in [1.54, 1.807) is 18.2 Å². The molecular weight excluding hydrogens is 254 g/mol. The fourth-order valence-electron chi connectivity index (χ4n) is 2.14. The Labute approximate surface area is 117 Å². The summed E-state index contributed by atoms with van der Waals surface area (Å²) in [4.78, 5) is 12.4. The Morgan fingerprint density at radius 1 is 0.950 bits per heavy atom. The van der Waals surface area contributed by atoms with Crippen LogP contribution < -0.4 is 14.8 Å². The molecule has 3 rings (SSSR count). The fourth-order valence-corrected chi connectivity index (χ4v) is 2.14. The van der Waals surface area contributed by atoms with E-state index in [1.807, 2.05) is 31.3 Å². The molecule has 1 heterocycles. The van der Waals surface area contributed by atoms with Gasteiger partial charge in [0.1, 0.15) is 13.2 Å². The maximum atomic E-state index is 12.4. The number of rotatable bonds is 3. The Hall–Kier alpha value is -2.49. The monoisotopic (exact) mass is 269 g/mol. The Kier molecular flexibility index (Phi) is 3.29. The summed E-state index contributed by atoms with van der Waals surface area (Å²) in [6, 6.07) is 12.7. The van der Waals surface area contributed by atoms with Gasteiger partial charge in [0.25, 0.3) is 0 Å². The number of anilines is 1. The second-order valence-electron chi connectivity index (χ2n) is 4.51. The quantitative estimate of drug-likeness (QED) is 0.870. The van der Waals surface area contributed by atoms with Crippen LogP contribution in [0, 0.1) is 0 Å². The van der Waals surface area contributed by atoms with Crippen molar-refractivity contribution in [2.24, 2.45) is 0 Å². The number of hydrogen-bond donors (Lipinski definition) is 1. The number of benzene rings is 2. The first kappa shape index (κ1) is 12.5. The van der Waals surface area contributed by atoms with Crippen LogP contribution in [0.1, 0.15) is 15.9 Å². The molecule has 0 saturated heterocycles. The Morgan fingerprint density at radius 2 is 1.60 bits per heavy atom. The number of carbonyl (C=O) groups excluding carboxylic acids is 1. The fraction of sp³-hybridized carbons (Fsp3) is 0.188. The van der Waals surface area contributed by atoms with Gasteiger partial charge in [-0.15, -0.1) is 0 Å². The second kappa shape index (κ2) is 5.25. The van der Waals surface area contributed by atoms with Crippen LogP contribution in [0.3, 0.4) is 0 Å². The third-order valence-electron chi connectivity index (χ3n) is 3.24. The smallest absolute Gasteiger partial charge is 0.193 e. The summed E-state index contributed by atoms with van der Waals surface area (Å²) in [5.41, 5.74) is 2.23. The number of hydrogen-bond acceptors (Lipinski definition) is 4. The van der Waals surface area contributed by atoms with E-state index in [0.29, 0.717) is 35.8 Å². The molecule has 0 fully saturated rings. The summed E-state index contributed by atoms with van der Waals surface area (Å²) < 4.78 is 10.9. The molecular formula is C16H15NO3. The third-order valence-corrected chi connectivity index (χ3v) is 3.24. The number of fused-ring (bicyclic) bond motifs is 1. The van der Waals surface area contributed by atoms with Gasteiger partial charge in [-0.1, -0.05) is 0 Å². The van der Waals surface area contributed by atoms with Gasteiger partial charge in [0, 0.05) is 23.9 Å². The average Bonchev–Trinajstić information content (AvgIpc) is 2.54.